The van der Waals surface area contributed by atoms with E-state index < -0.39 is 0 Å². The Kier molecular flexibility index (Phi) is 4.54. The predicted molar refractivity (Wildman–Crippen MR) is 70.9 cm³/mol. The smallest absolute Gasteiger partial charge is 0.145 e. The van der Waals surface area contributed by atoms with Gasteiger partial charge in [-0.25, -0.2) is 9.97 Å². The molecule has 1 N–H and O–H groups in total. The molecule has 2 rings (SSSR count). The highest BCUT2D eigenvalue weighted by atomic mass is 15.0. The van der Waals surface area contributed by atoms with Gasteiger partial charge in [0, 0.05) is 25.1 Å². The topological polar surface area (TPSA) is 74.5 Å². The van der Waals surface area contributed by atoms with Crippen LogP contribution in [0, 0.1) is 11.3 Å². The van der Waals surface area contributed by atoms with Gasteiger partial charge in [0.05, 0.1) is 17.3 Å². The summed E-state index contributed by atoms with van der Waals surface area (Å²) in [6.45, 7) is 2.71. The Bertz CT molecular complexity index is 544. The molecule has 0 bridgehead atoms. The van der Waals surface area contributed by atoms with Crippen LogP contribution in [0.2, 0.25) is 0 Å². The molecule has 0 aliphatic rings. The van der Waals surface area contributed by atoms with Crippen LogP contribution in [-0.4, -0.2) is 15.0 Å². The van der Waals surface area contributed by atoms with Crippen molar-refractivity contribution in [3.05, 3.63) is 53.9 Å². The number of hydrogen-bond acceptors (Lipinski definition) is 5. The van der Waals surface area contributed by atoms with Crippen LogP contribution in [0.5, 0.6) is 0 Å². The average molecular weight is 253 g/mol. The highest BCUT2D eigenvalue weighted by Gasteiger charge is 2.11. The summed E-state index contributed by atoms with van der Waals surface area (Å²) in [7, 11) is 0. The van der Waals surface area contributed by atoms with Crippen molar-refractivity contribution in [3.8, 4) is 6.07 Å². The largest absolute Gasteiger partial charge is 0.302 e. The van der Waals surface area contributed by atoms with E-state index in [9.17, 15) is 0 Å². The Hall–Kier alpha value is -2.32. The minimum absolute atomic E-state index is 0.110. The van der Waals surface area contributed by atoms with Crippen molar-refractivity contribution in [1.82, 2.24) is 20.3 Å². The maximum Gasteiger partial charge on any atom is 0.145 e. The van der Waals surface area contributed by atoms with Gasteiger partial charge < -0.3 is 5.32 Å². The second-order valence-electron chi connectivity index (χ2n) is 4.10. The van der Waals surface area contributed by atoms with Crippen molar-refractivity contribution in [2.24, 2.45) is 0 Å². The predicted octanol–water partition coefficient (Wildman–Crippen LogP) is 1.98. The third kappa shape index (κ3) is 3.57. The van der Waals surface area contributed by atoms with Crippen LogP contribution in [0.15, 0.2) is 36.8 Å². The van der Waals surface area contributed by atoms with Crippen LogP contribution in [0.4, 0.5) is 0 Å². The second kappa shape index (κ2) is 6.57. The Balaban J connectivity index is 1.98. The van der Waals surface area contributed by atoms with Gasteiger partial charge in [-0.1, -0.05) is 6.92 Å². The lowest BCUT2D eigenvalue weighted by Crippen LogP contribution is -2.22. The highest BCUT2D eigenvalue weighted by molar-refractivity contribution is 5.26. The number of nitriles is 1. The summed E-state index contributed by atoms with van der Waals surface area (Å²) in [5, 5.41) is 12.1. The number of pyridine rings is 1. The molecular formula is C14H15N5. The van der Waals surface area contributed by atoms with Crippen molar-refractivity contribution in [3.63, 3.8) is 0 Å². The standard InChI is InChI=1S/C14H15N5/c1-2-13(14-16-6-3-7-17-14)19-10-12-5-4-11(8-15)9-18-12/h3-7,9,13,19H,2,10H2,1H3/t13-/m0/s1. The molecule has 0 aliphatic heterocycles. The van der Waals surface area contributed by atoms with Crippen molar-refractivity contribution in [1.29, 1.82) is 5.26 Å². The fourth-order valence-corrected chi connectivity index (χ4v) is 1.73. The van der Waals surface area contributed by atoms with Crippen LogP contribution >= 0.6 is 0 Å². The summed E-state index contributed by atoms with van der Waals surface area (Å²) in [4.78, 5) is 12.7. The van der Waals surface area contributed by atoms with Gasteiger partial charge >= 0.3 is 0 Å². The molecule has 0 amide bonds. The summed E-state index contributed by atoms with van der Waals surface area (Å²) in [5.41, 5.74) is 1.47. The van der Waals surface area contributed by atoms with Crippen molar-refractivity contribution < 1.29 is 0 Å². The first-order valence-electron chi connectivity index (χ1n) is 6.18. The van der Waals surface area contributed by atoms with E-state index in [2.05, 4.69) is 33.3 Å². The van der Waals surface area contributed by atoms with Crippen LogP contribution in [0.25, 0.3) is 0 Å². The monoisotopic (exact) mass is 253 g/mol. The molecule has 96 valence electrons. The molecule has 2 aromatic heterocycles. The first-order chi connectivity index (χ1) is 9.33. The van der Waals surface area contributed by atoms with E-state index in [0.717, 1.165) is 17.9 Å². The van der Waals surface area contributed by atoms with Gasteiger partial charge in [0.25, 0.3) is 0 Å². The molecule has 0 fully saturated rings. The van der Waals surface area contributed by atoms with E-state index in [1.54, 1.807) is 30.7 Å². The van der Waals surface area contributed by atoms with Crippen LogP contribution in [0.3, 0.4) is 0 Å². The van der Waals surface area contributed by atoms with Crippen molar-refractivity contribution in [2.75, 3.05) is 0 Å². The molecule has 0 aliphatic carbocycles. The van der Waals surface area contributed by atoms with Gasteiger partial charge in [0.1, 0.15) is 11.9 Å². The van der Waals surface area contributed by atoms with E-state index in [1.807, 2.05) is 6.07 Å². The molecule has 0 radical (unpaired) electrons. The highest BCUT2D eigenvalue weighted by Crippen LogP contribution is 2.11. The third-order valence-electron chi connectivity index (χ3n) is 2.79. The fraction of sp³-hybridized carbons (Fsp3) is 0.286. The lowest BCUT2D eigenvalue weighted by molar-refractivity contribution is 0.490. The lowest BCUT2D eigenvalue weighted by atomic mass is 10.2. The van der Waals surface area contributed by atoms with Gasteiger partial charge in [-0.2, -0.15) is 5.26 Å². The third-order valence-corrected chi connectivity index (χ3v) is 2.79. The Morgan fingerprint density at radius 2 is 2.05 bits per heavy atom. The second-order valence-corrected chi connectivity index (χ2v) is 4.10. The molecule has 2 aromatic rings. The zero-order chi connectivity index (χ0) is 13.5. The number of nitrogens with one attached hydrogen (secondary N) is 1. The van der Waals surface area contributed by atoms with E-state index in [1.165, 1.54) is 0 Å². The van der Waals surface area contributed by atoms with Crippen molar-refractivity contribution >= 4 is 0 Å². The zero-order valence-corrected chi connectivity index (χ0v) is 10.7. The lowest BCUT2D eigenvalue weighted by Gasteiger charge is -2.14. The quantitative estimate of drug-likeness (QED) is 0.882. The zero-order valence-electron chi connectivity index (χ0n) is 10.7. The minimum atomic E-state index is 0.110. The van der Waals surface area contributed by atoms with Gasteiger partial charge in [0.2, 0.25) is 0 Å². The molecule has 5 nitrogen and oxygen atoms in total. The first-order valence-corrected chi connectivity index (χ1v) is 6.18. The van der Waals surface area contributed by atoms with E-state index in [4.69, 9.17) is 5.26 Å². The maximum absolute atomic E-state index is 8.71. The molecular weight excluding hydrogens is 238 g/mol. The summed E-state index contributed by atoms with van der Waals surface area (Å²) < 4.78 is 0. The van der Waals surface area contributed by atoms with Crippen LogP contribution in [0.1, 0.15) is 36.5 Å². The molecule has 2 heterocycles. The summed E-state index contributed by atoms with van der Waals surface area (Å²) in [6, 6.07) is 7.59. The first kappa shape index (κ1) is 13.1. The van der Waals surface area contributed by atoms with Crippen LogP contribution < -0.4 is 5.32 Å². The van der Waals surface area contributed by atoms with E-state index >= 15 is 0 Å². The van der Waals surface area contributed by atoms with Crippen molar-refractivity contribution in [2.45, 2.75) is 25.9 Å². The molecule has 5 heteroatoms. The van der Waals surface area contributed by atoms with Gasteiger partial charge in [-0.3, -0.25) is 4.98 Å². The Morgan fingerprint density at radius 1 is 1.26 bits per heavy atom. The number of nitrogens with zero attached hydrogens (tertiary/aromatic N) is 4. The maximum atomic E-state index is 8.71. The fourth-order valence-electron chi connectivity index (χ4n) is 1.73. The Labute approximate surface area is 112 Å². The number of aromatic nitrogens is 3. The molecule has 1 atom stereocenters. The summed E-state index contributed by atoms with van der Waals surface area (Å²) >= 11 is 0. The Morgan fingerprint density at radius 3 is 2.63 bits per heavy atom. The number of rotatable bonds is 5. The van der Waals surface area contributed by atoms with Crippen LogP contribution in [-0.2, 0) is 6.54 Å². The van der Waals surface area contributed by atoms with E-state index in [0.29, 0.717) is 12.1 Å². The summed E-state index contributed by atoms with van der Waals surface area (Å²) in [5.74, 6) is 0.790. The summed E-state index contributed by atoms with van der Waals surface area (Å²) in [6.07, 6.45) is 5.97. The van der Waals surface area contributed by atoms with Gasteiger partial charge in [-0.15, -0.1) is 0 Å². The normalized spacial score (nSPS) is 11.8. The SMILES string of the molecule is CC[C@H](NCc1ccc(C#N)cn1)c1ncccn1. The molecule has 19 heavy (non-hydrogen) atoms. The van der Waals surface area contributed by atoms with Gasteiger partial charge in [-0.05, 0) is 24.6 Å². The number of hydrogen-bond donors (Lipinski definition) is 1. The van der Waals surface area contributed by atoms with Gasteiger partial charge in [0.15, 0.2) is 0 Å². The molecule has 0 aromatic carbocycles. The minimum Gasteiger partial charge on any atom is -0.302 e. The molecule has 0 saturated heterocycles. The molecule has 0 saturated carbocycles. The molecule has 0 spiro atoms. The average Bonchev–Trinajstić information content (AvgIpc) is 2.49. The van der Waals surface area contributed by atoms with E-state index in [-0.39, 0.29) is 6.04 Å². The molecule has 0 unspecified atom stereocenters.